The van der Waals surface area contributed by atoms with Crippen LogP contribution in [0.4, 0.5) is 4.39 Å². The van der Waals surface area contributed by atoms with E-state index in [1.807, 2.05) is 10.6 Å². The van der Waals surface area contributed by atoms with Crippen molar-refractivity contribution < 1.29 is 14.0 Å². The molecule has 1 aliphatic rings. The maximum absolute atomic E-state index is 13.2. The van der Waals surface area contributed by atoms with Crippen molar-refractivity contribution in [2.75, 3.05) is 6.54 Å². The van der Waals surface area contributed by atoms with Crippen molar-refractivity contribution in [3.05, 3.63) is 71.8 Å². The Morgan fingerprint density at radius 2 is 1.83 bits per heavy atom. The number of nitrogens with zero attached hydrogens (tertiary/aromatic N) is 3. The zero-order chi connectivity index (χ0) is 20.2. The van der Waals surface area contributed by atoms with Gasteiger partial charge in [0.05, 0.1) is 6.54 Å². The van der Waals surface area contributed by atoms with Gasteiger partial charge in [0.2, 0.25) is 5.91 Å². The molecule has 1 aliphatic heterocycles. The van der Waals surface area contributed by atoms with E-state index in [-0.39, 0.29) is 30.2 Å². The van der Waals surface area contributed by atoms with E-state index >= 15 is 0 Å². The van der Waals surface area contributed by atoms with Crippen LogP contribution in [0, 0.1) is 5.82 Å². The highest BCUT2D eigenvalue weighted by Crippen LogP contribution is 2.23. The van der Waals surface area contributed by atoms with Gasteiger partial charge >= 0.3 is 0 Å². The van der Waals surface area contributed by atoms with Gasteiger partial charge in [-0.05, 0) is 42.8 Å². The van der Waals surface area contributed by atoms with Gasteiger partial charge in [-0.3, -0.25) is 9.59 Å². The number of benzene rings is 2. The number of fused-ring (bicyclic) bond motifs is 1. The Hall–Kier alpha value is -3.55. The first kappa shape index (κ1) is 18.8. The Morgan fingerprint density at radius 3 is 2.59 bits per heavy atom. The Kier molecular flexibility index (Phi) is 5.33. The molecular formula is C21H20FN5O2. The van der Waals surface area contributed by atoms with Gasteiger partial charge in [0.25, 0.3) is 5.91 Å². The minimum absolute atomic E-state index is 0.0932. The average molecular weight is 393 g/mol. The maximum Gasteiger partial charge on any atom is 0.251 e. The van der Waals surface area contributed by atoms with Crippen LogP contribution in [0.2, 0.25) is 0 Å². The second kappa shape index (κ2) is 8.22. The molecule has 0 saturated heterocycles. The normalized spacial score (nSPS) is 15.4. The molecule has 2 amide bonds. The summed E-state index contributed by atoms with van der Waals surface area (Å²) in [6.07, 6.45) is 1.41. The minimum atomic E-state index is -0.310. The number of hydrogen-bond acceptors (Lipinski definition) is 4. The molecule has 4 rings (SSSR count). The van der Waals surface area contributed by atoms with Crippen LogP contribution in [-0.4, -0.2) is 39.2 Å². The number of rotatable bonds is 5. The molecule has 1 unspecified atom stereocenters. The molecule has 2 N–H and O–H groups in total. The lowest BCUT2D eigenvalue weighted by molar-refractivity contribution is -0.121. The first-order valence-corrected chi connectivity index (χ1v) is 9.41. The minimum Gasteiger partial charge on any atom is -0.350 e. The highest BCUT2D eigenvalue weighted by Gasteiger charge is 2.24. The van der Waals surface area contributed by atoms with E-state index in [2.05, 4.69) is 20.8 Å². The fraction of sp³-hybridized carbons (Fsp3) is 0.238. The van der Waals surface area contributed by atoms with Crippen molar-refractivity contribution in [1.29, 1.82) is 0 Å². The van der Waals surface area contributed by atoms with Crippen molar-refractivity contribution in [2.45, 2.75) is 25.4 Å². The zero-order valence-corrected chi connectivity index (χ0v) is 15.6. The Morgan fingerprint density at radius 1 is 1.07 bits per heavy atom. The summed E-state index contributed by atoms with van der Waals surface area (Å²) in [4.78, 5) is 24.3. The second-order valence-electron chi connectivity index (χ2n) is 6.91. The number of aromatic nitrogens is 3. The number of carbonyl (C=O) groups is 2. The quantitative estimate of drug-likeness (QED) is 0.693. The maximum atomic E-state index is 13.2. The first-order chi connectivity index (χ1) is 14.1. The van der Waals surface area contributed by atoms with Crippen molar-refractivity contribution >= 4 is 11.8 Å². The number of carbonyl (C=O) groups excluding carboxylic acids is 2. The zero-order valence-electron chi connectivity index (χ0n) is 15.6. The van der Waals surface area contributed by atoms with Crippen LogP contribution in [0.1, 0.15) is 22.6 Å². The van der Waals surface area contributed by atoms with Crippen molar-refractivity contribution in [3.63, 3.8) is 0 Å². The smallest absolute Gasteiger partial charge is 0.251 e. The summed E-state index contributed by atoms with van der Waals surface area (Å²) in [5.41, 5.74) is 1.28. The highest BCUT2D eigenvalue weighted by atomic mass is 19.1. The fourth-order valence-electron chi connectivity index (χ4n) is 3.39. The van der Waals surface area contributed by atoms with Gasteiger partial charge in [-0.15, -0.1) is 10.2 Å². The Balaban J connectivity index is 1.36. The molecule has 0 saturated carbocycles. The summed E-state index contributed by atoms with van der Waals surface area (Å²) in [7, 11) is 0. The van der Waals surface area contributed by atoms with Crippen molar-refractivity contribution in [1.82, 2.24) is 25.4 Å². The molecule has 0 aliphatic carbocycles. The predicted octanol–water partition coefficient (Wildman–Crippen LogP) is 1.95. The topological polar surface area (TPSA) is 88.9 Å². The molecule has 0 spiro atoms. The summed E-state index contributed by atoms with van der Waals surface area (Å²) in [6.45, 7) is 0.428. The standard InChI is InChI=1S/C21H20FN5O2/c22-16-8-6-14(7-9-16)20-26-25-18-11-10-17(13-27(18)20)24-19(28)12-23-21(29)15-4-2-1-3-5-15/h1-9,17H,10-13H2,(H,23,29)(H,24,28). The fourth-order valence-corrected chi connectivity index (χ4v) is 3.39. The van der Waals surface area contributed by atoms with Crippen LogP contribution in [0.3, 0.4) is 0 Å². The lowest BCUT2D eigenvalue weighted by atomic mass is 10.1. The number of halogens is 1. The van der Waals surface area contributed by atoms with Gasteiger partial charge in [0.15, 0.2) is 5.82 Å². The number of nitrogens with one attached hydrogen (secondary N) is 2. The van der Waals surface area contributed by atoms with E-state index in [1.54, 1.807) is 36.4 Å². The van der Waals surface area contributed by atoms with Gasteiger partial charge in [-0.25, -0.2) is 4.39 Å². The molecule has 3 aromatic rings. The van der Waals surface area contributed by atoms with Gasteiger partial charge in [0, 0.05) is 30.1 Å². The molecule has 1 atom stereocenters. The van der Waals surface area contributed by atoms with Crippen molar-refractivity contribution in [3.8, 4) is 11.4 Å². The molecule has 0 radical (unpaired) electrons. The molecule has 1 aromatic heterocycles. The SMILES string of the molecule is O=C(CNC(=O)c1ccccc1)NC1CCc2nnc(-c3ccc(F)cc3)n2C1. The van der Waals surface area contributed by atoms with Crippen LogP contribution < -0.4 is 10.6 Å². The predicted molar refractivity (Wildman–Crippen MR) is 104 cm³/mol. The van der Waals surface area contributed by atoms with Crippen LogP contribution in [0.15, 0.2) is 54.6 Å². The van der Waals surface area contributed by atoms with Crippen molar-refractivity contribution in [2.24, 2.45) is 0 Å². The number of hydrogen-bond donors (Lipinski definition) is 2. The Bertz CT molecular complexity index is 1020. The molecule has 29 heavy (non-hydrogen) atoms. The summed E-state index contributed by atoms with van der Waals surface area (Å²) >= 11 is 0. The molecule has 0 bridgehead atoms. The first-order valence-electron chi connectivity index (χ1n) is 9.41. The van der Waals surface area contributed by atoms with Crippen LogP contribution in [0.25, 0.3) is 11.4 Å². The van der Waals surface area contributed by atoms with Gasteiger partial charge in [-0.2, -0.15) is 0 Å². The second-order valence-corrected chi connectivity index (χ2v) is 6.91. The molecular weight excluding hydrogens is 373 g/mol. The van der Waals surface area contributed by atoms with E-state index in [0.29, 0.717) is 24.4 Å². The number of amides is 2. The monoisotopic (exact) mass is 393 g/mol. The number of aryl methyl sites for hydroxylation is 1. The van der Waals surface area contributed by atoms with E-state index in [9.17, 15) is 14.0 Å². The molecule has 7 nitrogen and oxygen atoms in total. The molecule has 8 heteroatoms. The van der Waals surface area contributed by atoms with Gasteiger partial charge in [0.1, 0.15) is 11.6 Å². The summed E-state index contributed by atoms with van der Waals surface area (Å²) < 4.78 is 15.1. The van der Waals surface area contributed by atoms with E-state index in [1.165, 1.54) is 12.1 Å². The van der Waals surface area contributed by atoms with E-state index < -0.39 is 0 Å². The van der Waals surface area contributed by atoms with Gasteiger partial charge < -0.3 is 15.2 Å². The summed E-state index contributed by atoms with van der Waals surface area (Å²) in [5.74, 6) is 0.640. The highest BCUT2D eigenvalue weighted by molar-refractivity contribution is 5.96. The molecule has 148 valence electrons. The average Bonchev–Trinajstić information content (AvgIpc) is 3.16. The van der Waals surface area contributed by atoms with Crippen LogP contribution >= 0.6 is 0 Å². The summed E-state index contributed by atoms with van der Waals surface area (Å²) in [6, 6.07) is 14.7. The summed E-state index contributed by atoms with van der Waals surface area (Å²) in [5, 5.41) is 14.0. The van der Waals surface area contributed by atoms with Crippen LogP contribution in [0.5, 0.6) is 0 Å². The Labute approximate surface area is 167 Å². The molecule has 2 heterocycles. The third-order valence-corrected chi connectivity index (χ3v) is 4.86. The van der Waals surface area contributed by atoms with E-state index in [0.717, 1.165) is 17.8 Å². The third-order valence-electron chi connectivity index (χ3n) is 4.86. The lowest BCUT2D eigenvalue weighted by Gasteiger charge is -2.25. The molecule has 0 fully saturated rings. The van der Waals surface area contributed by atoms with E-state index in [4.69, 9.17) is 0 Å². The molecule has 2 aromatic carbocycles. The lowest BCUT2D eigenvalue weighted by Crippen LogP contribution is -2.45. The third kappa shape index (κ3) is 4.31. The largest absolute Gasteiger partial charge is 0.350 e. The van der Waals surface area contributed by atoms with Gasteiger partial charge in [-0.1, -0.05) is 18.2 Å². The van der Waals surface area contributed by atoms with Crippen LogP contribution in [-0.2, 0) is 17.8 Å².